The number of likely N-dealkylation sites (N-methyl/N-ethyl adjacent to an activating group) is 2. The van der Waals surface area contributed by atoms with Crippen LogP contribution in [-0.2, 0) is 4.79 Å². The molecule has 3 rings (SSSR count). The van der Waals surface area contributed by atoms with Gasteiger partial charge in [0, 0.05) is 38.7 Å². The van der Waals surface area contributed by atoms with Crippen molar-refractivity contribution in [3.05, 3.63) is 47.7 Å². The normalized spacial score (nSPS) is 16.0. The van der Waals surface area contributed by atoms with E-state index in [1.54, 1.807) is 30.4 Å². The topological polar surface area (TPSA) is 82.5 Å². The lowest BCUT2D eigenvalue weighted by molar-refractivity contribution is -0.130. The van der Waals surface area contributed by atoms with Gasteiger partial charge in [-0.25, -0.2) is 9.97 Å². The number of aromatic nitrogens is 3. The zero-order valence-corrected chi connectivity index (χ0v) is 16.1. The molecule has 0 radical (unpaired) electrons. The second kappa shape index (κ2) is 7.79. The molecule has 142 valence electrons. The molecule has 1 aliphatic heterocycles. The minimum absolute atomic E-state index is 0.0507. The second-order valence-corrected chi connectivity index (χ2v) is 7.00. The number of anilines is 1. The molecule has 2 amide bonds. The molecule has 0 spiro atoms. The third-order valence-electron chi connectivity index (χ3n) is 4.59. The van der Waals surface area contributed by atoms with Crippen LogP contribution < -0.4 is 4.90 Å². The average molecular weight is 368 g/mol. The van der Waals surface area contributed by atoms with E-state index in [9.17, 15) is 9.59 Å². The van der Waals surface area contributed by atoms with Crippen LogP contribution in [0.3, 0.4) is 0 Å². The molecule has 0 N–H and O–H groups in total. The van der Waals surface area contributed by atoms with Crippen molar-refractivity contribution in [2.45, 2.75) is 19.4 Å². The van der Waals surface area contributed by atoms with E-state index in [4.69, 9.17) is 0 Å². The van der Waals surface area contributed by atoms with Gasteiger partial charge in [0.05, 0.1) is 18.2 Å². The number of hydrogen-bond acceptors (Lipinski definition) is 6. The molecule has 2 aromatic heterocycles. The van der Waals surface area contributed by atoms with Gasteiger partial charge in [-0.15, -0.1) is 0 Å². The van der Waals surface area contributed by atoms with Crippen LogP contribution in [0.15, 0.2) is 30.7 Å². The predicted octanol–water partition coefficient (Wildman–Crippen LogP) is 1.29. The Balaban J connectivity index is 1.88. The molecule has 0 saturated carbocycles. The Morgan fingerprint density at radius 3 is 2.52 bits per heavy atom. The molecule has 1 aliphatic rings. The minimum Gasteiger partial charge on any atom is -0.344 e. The third-order valence-corrected chi connectivity index (χ3v) is 4.59. The summed E-state index contributed by atoms with van der Waals surface area (Å²) in [6, 6.07) is 3.17. The van der Waals surface area contributed by atoms with Crippen molar-refractivity contribution in [3.8, 4) is 0 Å². The first-order valence-electron chi connectivity index (χ1n) is 8.84. The summed E-state index contributed by atoms with van der Waals surface area (Å²) in [7, 11) is 5.70. The van der Waals surface area contributed by atoms with Crippen molar-refractivity contribution in [1.29, 1.82) is 0 Å². The summed E-state index contributed by atoms with van der Waals surface area (Å²) in [5, 5.41) is 0. The number of amides is 2. The maximum absolute atomic E-state index is 12.9. The first kappa shape index (κ1) is 18.9. The van der Waals surface area contributed by atoms with Crippen LogP contribution in [0.1, 0.15) is 34.2 Å². The standard InChI is InChI=1S/C19H24N6O2/c1-13-5-6-15(22-12-13)25-14(11-16(26)24(4)10-9-23(2)3)17-18(19(25)27)21-8-7-20-17/h5-8,12,14H,9-11H2,1-4H3/t14-/m0/s1. The number of hydrogen-bond donors (Lipinski definition) is 0. The second-order valence-electron chi connectivity index (χ2n) is 7.00. The fraction of sp³-hybridized carbons (Fsp3) is 0.421. The Bertz CT molecular complexity index is 836. The number of pyridine rings is 1. The highest BCUT2D eigenvalue weighted by Gasteiger charge is 2.42. The zero-order chi connectivity index (χ0) is 19.6. The number of fused-ring (bicyclic) bond motifs is 1. The van der Waals surface area contributed by atoms with Crippen LogP contribution in [-0.4, -0.2) is 70.8 Å². The molecule has 27 heavy (non-hydrogen) atoms. The maximum atomic E-state index is 12.9. The summed E-state index contributed by atoms with van der Waals surface area (Å²) in [4.78, 5) is 43.8. The Labute approximate surface area is 158 Å². The lowest BCUT2D eigenvalue weighted by Gasteiger charge is -2.26. The molecule has 3 heterocycles. The number of carbonyl (C=O) groups is 2. The molecule has 2 aromatic rings. The van der Waals surface area contributed by atoms with Crippen molar-refractivity contribution >= 4 is 17.6 Å². The highest BCUT2D eigenvalue weighted by molar-refractivity contribution is 6.09. The van der Waals surface area contributed by atoms with Crippen molar-refractivity contribution < 1.29 is 9.59 Å². The molecule has 0 bridgehead atoms. The van der Waals surface area contributed by atoms with Crippen LogP contribution >= 0.6 is 0 Å². The van der Waals surface area contributed by atoms with Crippen LogP contribution in [0.25, 0.3) is 0 Å². The fourth-order valence-electron chi connectivity index (χ4n) is 2.99. The van der Waals surface area contributed by atoms with Gasteiger partial charge >= 0.3 is 0 Å². The van der Waals surface area contributed by atoms with E-state index in [0.29, 0.717) is 18.1 Å². The van der Waals surface area contributed by atoms with Gasteiger partial charge in [0.2, 0.25) is 5.91 Å². The van der Waals surface area contributed by atoms with Gasteiger partial charge in [-0.05, 0) is 32.6 Å². The summed E-state index contributed by atoms with van der Waals surface area (Å²) >= 11 is 0. The van der Waals surface area contributed by atoms with Crippen LogP contribution in [0.5, 0.6) is 0 Å². The Morgan fingerprint density at radius 2 is 1.85 bits per heavy atom. The van der Waals surface area contributed by atoms with Gasteiger partial charge < -0.3 is 9.80 Å². The Hall–Kier alpha value is -2.87. The van der Waals surface area contributed by atoms with Crippen molar-refractivity contribution in [3.63, 3.8) is 0 Å². The summed E-state index contributed by atoms with van der Waals surface area (Å²) < 4.78 is 0. The molecule has 0 aliphatic carbocycles. The Kier molecular flexibility index (Phi) is 5.46. The van der Waals surface area contributed by atoms with E-state index in [-0.39, 0.29) is 23.9 Å². The summed E-state index contributed by atoms with van der Waals surface area (Å²) in [6.07, 6.45) is 4.88. The third kappa shape index (κ3) is 3.95. The molecule has 0 aromatic carbocycles. The highest BCUT2D eigenvalue weighted by atomic mass is 16.2. The summed E-state index contributed by atoms with van der Waals surface area (Å²) in [6.45, 7) is 3.31. The summed E-state index contributed by atoms with van der Waals surface area (Å²) in [5.41, 5.74) is 1.81. The number of aryl methyl sites for hydroxylation is 1. The largest absolute Gasteiger partial charge is 0.344 e. The fourth-order valence-corrected chi connectivity index (χ4v) is 2.99. The molecular formula is C19H24N6O2. The van der Waals surface area contributed by atoms with E-state index < -0.39 is 6.04 Å². The van der Waals surface area contributed by atoms with Crippen molar-refractivity contribution in [1.82, 2.24) is 24.8 Å². The monoisotopic (exact) mass is 368 g/mol. The lowest BCUT2D eigenvalue weighted by atomic mass is 10.1. The van der Waals surface area contributed by atoms with Gasteiger partial charge in [0.25, 0.3) is 5.91 Å². The molecule has 8 nitrogen and oxygen atoms in total. The van der Waals surface area contributed by atoms with E-state index in [0.717, 1.165) is 12.1 Å². The van der Waals surface area contributed by atoms with Crippen molar-refractivity contribution in [2.75, 3.05) is 39.1 Å². The van der Waals surface area contributed by atoms with Gasteiger partial charge in [-0.2, -0.15) is 0 Å². The zero-order valence-electron chi connectivity index (χ0n) is 16.1. The summed E-state index contributed by atoms with van der Waals surface area (Å²) in [5.74, 6) is 0.174. The van der Waals surface area contributed by atoms with Gasteiger partial charge in [-0.3, -0.25) is 19.5 Å². The van der Waals surface area contributed by atoms with Crippen LogP contribution in [0, 0.1) is 6.92 Å². The highest BCUT2D eigenvalue weighted by Crippen LogP contribution is 2.36. The Morgan fingerprint density at radius 1 is 1.11 bits per heavy atom. The molecule has 1 atom stereocenters. The average Bonchev–Trinajstić information content (AvgIpc) is 2.93. The molecule has 0 fully saturated rings. The van der Waals surface area contributed by atoms with E-state index in [1.165, 1.54) is 11.1 Å². The van der Waals surface area contributed by atoms with E-state index in [2.05, 4.69) is 15.0 Å². The lowest BCUT2D eigenvalue weighted by Crippen LogP contribution is -2.37. The number of nitrogens with zero attached hydrogens (tertiary/aromatic N) is 6. The smallest absolute Gasteiger partial charge is 0.280 e. The van der Waals surface area contributed by atoms with Crippen LogP contribution in [0.2, 0.25) is 0 Å². The van der Waals surface area contributed by atoms with Crippen LogP contribution in [0.4, 0.5) is 5.82 Å². The van der Waals surface area contributed by atoms with E-state index >= 15 is 0 Å². The SMILES string of the molecule is Cc1ccc(N2C(=O)c3nccnc3[C@@H]2CC(=O)N(C)CCN(C)C)nc1. The van der Waals surface area contributed by atoms with Gasteiger partial charge in [0.1, 0.15) is 5.82 Å². The molecular weight excluding hydrogens is 344 g/mol. The maximum Gasteiger partial charge on any atom is 0.280 e. The minimum atomic E-state index is -0.509. The molecule has 0 saturated heterocycles. The first-order chi connectivity index (χ1) is 12.9. The van der Waals surface area contributed by atoms with Gasteiger partial charge in [-0.1, -0.05) is 6.07 Å². The van der Waals surface area contributed by atoms with Crippen molar-refractivity contribution in [2.24, 2.45) is 0 Å². The quantitative estimate of drug-likeness (QED) is 0.764. The predicted molar refractivity (Wildman–Crippen MR) is 101 cm³/mol. The first-order valence-corrected chi connectivity index (χ1v) is 8.84. The van der Waals surface area contributed by atoms with E-state index in [1.807, 2.05) is 32.0 Å². The number of rotatable bonds is 6. The molecule has 8 heteroatoms. The number of carbonyl (C=O) groups excluding carboxylic acids is 2. The van der Waals surface area contributed by atoms with Gasteiger partial charge in [0.15, 0.2) is 5.69 Å². The molecule has 0 unspecified atom stereocenters.